The van der Waals surface area contributed by atoms with Crippen molar-refractivity contribution in [1.29, 1.82) is 0 Å². The molecule has 2 fully saturated rings. The first-order chi connectivity index (χ1) is 17.0. The summed E-state index contributed by atoms with van der Waals surface area (Å²) >= 11 is 0. The van der Waals surface area contributed by atoms with E-state index in [1.54, 1.807) is 0 Å². The monoisotopic (exact) mass is 476 g/mol. The van der Waals surface area contributed by atoms with Gasteiger partial charge in [0.25, 0.3) is 0 Å². The Morgan fingerprint density at radius 2 is 1.60 bits per heavy atom. The lowest BCUT2D eigenvalue weighted by atomic mass is 9.98. The standard InChI is InChI=1S/C28H32N2O5/c31-26(30-25(15-27(32)33)18-10-11-18)14-17-9-12-19(13-17)29-28(34)35-16-24-22-7-3-1-5-20(22)21-6-2-4-8-23(21)24/h1-8,17-19,24-25H,9-16H2,(H,29,34)(H,30,31)(H,32,33)/t17-,19+,25?/m1/s1. The highest BCUT2D eigenvalue weighted by atomic mass is 16.5. The number of benzene rings is 2. The van der Waals surface area contributed by atoms with E-state index >= 15 is 0 Å². The van der Waals surface area contributed by atoms with E-state index in [1.807, 2.05) is 24.3 Å². The molecule has 0 saturated heterocycles. The van der Waals surface area contributed by atoms with Crippen molar-refractivity contribution in [3.63, 3.8) is 0 Å². The zero-order valence-corrected chi connectivity index (χ0v) is 19.7. The van der Waals surface area contributed by atoms with E-state index in [1.165, 1.54) is 22.3 Å². The molecule has 3 aliphatic carbocycles. The predicted octanol–water partition coefficient (Wildman–Crippen LogP) is 4.45. The summed E-state index contributed by atoms with van der Waals surface area (Å²) in [7, 11) is 0. The molecule has 0 bridgehead atoms. The number of aliphatic carboxylic acids is 1. The van der Waals surface area contributed by atoms with Gasteiger partial charge in [0.1, 0.15) is 6.61 Å². The first-order valence-corrected chi connectivity index (χ1v) is 12.6. The van der Waals surface area contributed by atoms with Crippen LogP contribution >= 0.6 is 0 Å². The number of amides is 2. The molecule has 0 spiro atoms. The number of carboxylic acid groups (broad SMARTS) is 1. The van der Waals surface area contributed by atoms with Gasteiger partial charge in [0, 0.05) is 24.4 Å². The second-order valence-electron chi connectivity index (χ2n) is 10.2. The average Bonchev–Trinajstić information content (AvgIpc) is 3.52. The Labute approximate surface area is 205 Å². The lowest BCUT2D eigenvalue weighted by Crippen LogP contribution is -2.39. The Morgan fingerprint density at radius 1 is 0.943 bits per heavy atom. The molecule has 3 atom stereocenters. The van der Waals surface area contributed by atoms with E-state index in [9.17, 15) is 14.4 Å². The highest BCUT2D eigenvalue weighted by molar-refractivity contribution is 5.79. The first kappa shape index (κ1) is 23.4. The Bertz CT molecular complexity index is 1070. The zero-order chi connectivity index (χ0) is 24.4. The maximum atomic E-state index is 12.6. The number of hydrogen-bond acceptors (Lipinski definition) is 4. The molecule has 35 heavy (non-hydrogen) atoms. The molecule has 7 heteroatoms. The summed E-state index contributed by atoms with van der Waals surface area (Å²) in [5.41, 5.74) is 4.75. The van der Waals surface area contributed by atoms with Gasteiger partial charge in [-0.25, -0.2) is 4.79 Å². The van der Waals surface area contributed by atoms with Crippen molar-refractivity contribution in [1.82, 2.24) is 10.6 Å². The topological polar surface area (TPSA) is 105 Å². The van der Waals surface area contributed by atoms with Crippen molar-refractivity contribution < 1.29 is 24.2 Å². The van der Waals surface area contributed by atoms with Crippen molar-refractivity contribution in [2.24, 2.45) is 11.8 Å². The van der Waals surface area contributed by atoms with Crippen LogP contribution in [0.5, 0.6) is 0 Å². The van der Waals surface area contributed by atoms with Gasteiger partial charge in [-0.3, -0.25) is 9.59 Å². The molecule has 2 aromatic carbocycles. The summed E-state index contributed by atoms with van der Waals surface area (Å²) in [6, 6.07) is 16.2. The normalized spacial score (nSPS) is 21.6. The van der Waals surface area contributed by atoms with Crippen molar-refractivity contribution in [3.05, 3.63) is 59.7 Å². The Morgan fingerprint density at radius 3 is 2.23 bits per heavy atom. The highest BCUT2D eigenvalue weighted by Crippen LogP contribution is 2.44. The smallest absolute Gasteiger partial charge is 0.407 e. The lowest BCUT2D eigenvalue weighted by molar-refractivity contribution is -0.137. The van der Waals surface area contributed by atoms with Crippen molar-refractivity contribution in [2.75, 3.05) is 6.61 Å². The molecule has 2 saturated carbocycles. The van der Waals surface area contributed by atoms with Gasteiger partial charge in [-0.1, -0.05) is 48.5 Å². The Balaban J connectivity index is 1.09. The molecular weight excluding hydrogens is 444 g/mol. The summed E-state index contributed by atoms with van der Waals surface area (Å²) in [5.74, 6) is -0.469. The van der Waals surface area contributed by atoms with Crippen molar-refractivity contribution >= 4 is 18.0 Å². The van der Waals surface area contributed by atoms with Crippen LogP contribution in [0.2, 0.25) is 0 Å². The molecule has 3 N–H and O–H groups in total. The van der Waals surface area contributed by atoms with Crippen molar-refractivity contribution in [3.8, 4) is 11.1 Å². The third-order valence-corrected chi connectivity index (χ3v) is 7.61. The molecular formula is C28H32N2O5. The number of ether oxygens (including phenoxy) is 1. The van der Waals surface area contributed by atoms with Gasteiger partial charge < -0.3 is 20.5 Å². The zero-order valence-electron chi connectivity index (χ0n) is 19.7. The van der Waals surface area contributed by atoms with Crippen LogP contribution in [0.25, 0.3) is 11.1 Å². The SMILES string of the molecule is O=C(O)CC(NC(=O)C[C@@H]1CC[C@H](NC(=O)OCC2c3ccccc3-c3ccccc32)C1)C1CC1. The van der Waals surface area contributed by atoms with Gasteiger partial charge >= 0.3 is 12.1 Å². The number of carboxylic acids is 1. The summed E-state index contributed by atoms with van der Waals surface area (Å²) in [6.07, 6.45) is 4.28. The maximum absolute atomic E-state index is 12.6. The number of carbonyl (C=O) groups excluding carboxylic acids is 2. The van der Waals surface area contributed by atoms with Crippen LogP contribution in [0.4, 0.5) is 4.79 Å². The molecule has 184 valence electrons. The van der Waals surface area contributed by atoms with Crippen LogP contribution in [0, 0.1) is 11.8 Å². The van der Waals surface area contributed by atoms with E-state index < -0.39 is 12.1 Å². The fourth-order valence-electron chi connectivity index (χ4n) is 5.75. The van der Waals surface area contributed by atoms with Gasteiger partial charge in [0.2, 0.25) is 5.91 Å². The minimum absolute atomic E-state index is 0.0123. The van der Waals surface area contributed by atoms with Crippen LogP contribution in [0.1, 0.15) is 62.0 Å². The van der Waals surface area contributed by atoms with Crippen LogP contribution in [0.15, 0.2) is 48.5 Å². The van der Waals surface area contributed by atoms with E-state index in [0.717, 1.165) is 32.1 Å². The molecule has 0 heterocycles. The molecule has 0 aliphatic heterocycles. The minimum atomic E-state index is -0.879. The minimum Gasteiger partial charge on any atom is -0.481 e. The molecule has 2 amide bonds. The van der Waals surface area contributed by atoms with E-state index in [0.29, 0.717) is 12.3 Å². The summed E-state index contributed by atoms with van der Waals surface area (Å²) in [4.78, 5) is 36.1. The van der Waals surface area contributed by atoms with Gasteiger partial charge in [-0.05, 0) is 66.2 Å². The van der Waals surface area contributed by atoms with Crippen LogP contribution in [-0.2, 0) is 14.3 Å². The Hall–Kier alpha value is -3.35. The van der Waals surface area contributed by atoms with Crippen LogP contribution in [-0.4, -0.2) is 41.8 Å². The third kappa shape index (κ3) is 5.50. The molecule has 7 nitrogen and oxygen atoms in total. The number of fused-ring (bicyclic) bond motifs is 3. The molecule has 3 aliphatic rings. The highest BCUT2D eigenvalue weighted by Gasteiger charge is 2.35. The number of alkyl carbamates (subject to hydrolysis) is 1. The third-order valence-electron chi connectivity index (χ3n) is 7.61. The Kier molecular flexibility index (Phi) is 6.75. The second-order valence-corrected chi connectivity index (χ2v) is 10.2. The molecule has 0 radical (unpaired) electrons. The van der Waals surface area contributed by atoms with Crippen LogP contribution in [0.3, 0.4) is 0 Å². The lowest BCUT2D eigenvalue weighted by Gasteiger charge is -2.18. The summed E-state index contributed by atoms with van der Waals surface area (Å²) < 4.78 is 5.66. The van der Waals surface area contributed by atoms with Gasteiger partial charge in [0.15, 0.2) is 0 Å². The van der Waals surface area contributed by atoms with Gasteiger partial charge in [0.05, 0.1) is 6.42 Å². The van der Waals surface area contributed by atoms with Crippen molar-refractivity contribution in [2.45, 2.75) is 62.9 Å². The molecule has 5 rings (SSSR count). The molecule has 1 unspecified atom stereocenters. The van der Waals surface area contributed by atoms with E-state index in [4.69, 9.17) is 9.84 Å². The molecule has 0 aromatic heterocycles. The summed E-state index contributed by atoms with van der Waals surface area (Å²) in [6.45, 7) is 0.282. The first-order valence-electron chi connectivity index (χ1n) is 12.6. The van der Waals surface area contributed by atoms with E-state index in [2.05, 4.69) is 34.9 Å². The number of nitrogens with one attached hydrogen (secondary N) is 2. The van der Waals surface area contributed by atoms with Crippen LogP contribution < -0.4 is 10.6 Å². The van der Waals surface area contributed by atoms with Gasteiger partial charge in [-0.15, -0.1) is 0 Å². The van der Waals surface area contributed by atoms with Gasteiger partial charge in [-0.2, -0.15) is 0 Å². The largest absolute Gasteiger partial charge is 0.481 e. The maximum Gasteiger partial charge on any atom is 0.407 e. The second kappa shape index (κ2) is 10.1. The number of hydrogen-bond donors (Lipinski definition) is 3. The molecule has 2 aromatic rings. The number of carbonyl (C=O) groups is 3. The quantitative estimate of drug-likeness (QED) is 0.496. The number of rotatable bonds is 9. The fourth-order valence-corrected chi connectivity index (χ4v) is 5.75. The van der Waals surface area contributed by atoms with E-state index in [-0.39, 0.29) is 42.9 Å². The fraction of sp³-hybridized carbons (Fsp3) is 0.464. The summed E-state index contributed by atoms with van der Waals surface area (Å²) in [5, 5.41) is 15.0. The average molecular weight is 477 g/mol. The predicted molar refractivity (Wildman–Crippen MR) is 131 cm³/mol.